The average Bonchev–Trinajstić information content (AvgIpc) is 3.16. The van der Waals surface area contributed by atoms with Gasteiger partial charge in [0.15, 0.2) is 11.5 Å². The summed E-state index contributed by atoms with van der Waals surface area (Å²) in [6.45, 7) is 4.70. The molecule has 1 atom stereocenters. The van der Waals surface area contributed by atoms with Crippen LogP contribution in [0.4, 0.5) is 0 Å². The third-order valence-corrected chi connectivity index (χ3v) is 4.41. The zero-order valence-electron chi connectivity index (χ0n) is 15.2. The predicted octanol–water partition coefficient (Wildman–Crippen LogP) is 4.19. The second-order valence-electron chi connectivity index (χ2n) is 6.27. The quantitative estimate of drug-likeness (QED) is 0.724. The summed E-state index contributed by atoms with van der Waals surface area (Å²) in [5.41, 5.74) is 3.56. The number of ether oxygens (including phenoxy) is 1. The highest BCUT2D eigenvalue weighted by molar-refractivity contribution is 5.93. The lowest BCUT2D eigenvalue weighted by molar-refractivity contribution is 0.0942. The first-order valence-electron chi connectivity index (χ1n) is 8.53. The van der Waals surface area contributed by atoms with E-state index in [-0.39, 0.29) is 17.5 Å². The van der Waals surface area contributed by atoms with Crippen LogP contribution in [-0.4, -0.2) is 24.7 Å². The van der Waals surface area contributed by atoms with Gasteiger partial charge < -0.3 is 14.6 Å². The van der Waals surface area contributed by atoms with Crippen LogP contribution in [0.2, 0.25) is 0 Å². The van der Waals surface area contributed by atoms with Gasteiger partial charge in [0.05, 0.1) is 7.11 Å². The monoisotopic (exact) mass is 350 g/mol. The lowest BCUT2D eigenvalue weighted by Crippen LogP contribution is -2.27. The van der Waals surface area contributed by atoms with E-state index < -0.39 is 0 Å². The molecule has 0 aliphatic carbocycles. The molecule has 5 nitrogen and oxygen atoms in total. The number of carbonyl (C=O) groups excluding carboxylic acids is 1. The van der Waals surface area contributed by atoms with E-state index in [0.29, 0.717) is 12.3 Å². The Bertz CT molecular complexity index is 884. The van der Waals surface area contributed by atoms with E-state index in [1.165, 1.54) is 11.1 Å². The van der Waals surface area contributed by atoms with Crippen molar-refractivity contribution in [3.8, 4) is 17.1 Å². The Labute approximate surface area is 153 Å². The molecular formula is C21H22N2O3. The van der Waals surface area contributed by atoms with Crippen molar-refractivity contribution in [2.45, 2.75) is 19.8 Å². The van der Waals surface area contributed by atoms with Crippen molar-refractivity contribution in [2.24, 2.45) is 0 Å². The van der Waals surface area contributed by atoms with E-state index in [0.717, 1.165) is 11.3 Å². The first kappa shape index (κ1) is 17.7. The summed E-state index contributed by atoms with van der Waals surface area (Å²) in [5, 5.41) is 6.81. The highest BCUT2D eigenvalue weighted by Gasteiger charge is 2.15. The molecule has 0 spiro atoms. The maximum absolute atomic E-state index is 12.4. The van der Waals surface area contributed by atoms with E-state index >= 15 is 0 Å². The van der Waals surface area contributed by atoms with Crippen LogP contribution < -0.4 is 10.1 Å². The molecule has 26 heavy (non-hydrogen) atoms. The number of methoxy groups -OCH3 is 1. The van der Waals surface area contributed by atoms with Crippen molar-refractivity contribution in [3.63, 3.8) is 0 Å². The molecule has 0 fully saturated rings. The van der Waals surface area contributed by atoms with Crippen molar-refractivity contribution in [3.05, 3.63) is 71.4 Å². The van der Waals surface area contributed by atoms with Gasteiger partial charge in [0, 0.05) is 18.2 Å². The van der Waals surface area contributed by atoms with E-state index in [9.17, 15) is 4.79 Å². The largest absolute Gasteiger partial charge is 0.497 e. The number of carbonyl (C=O) groups is 1. The summed E-state index contributed by atoms with van der Waals surface area (Å²) in [5.74, 6) is 1.28. The van der Waals surface area contributed by atoms with Crippen LogP contribution in [-0.2, 0) is 0 Å². The third kappa shape index (κ3) is 3.94. The van der Waals surface area contributed by atoms with Crippen molar-refractivity contribution < 1.29 is 14.1 Å². The molecule has 0 radical (unpaired) electrons. The Morgan fingerprint density at radius 1 is 1.19 bits per heavy atom. The van der Waals surface area contributed by atoms with E-state index in [1.54, 1.807) is 13.2 Å². The molecule has 1 aromatic heterocycles. The van der Waals surface area contributed by atoms with Gasteiger partial charge in [-0.1, -0.05) is 36.3 Å². The highest BCUT2D eigenvalue weighted by Crippen LogP contribution is 2.23. The third-order valence-electron chi connectivity index (χ3n) is 4.41. The number of hydrogen-bond donors (Lipinski definition) is 1. The van der Waals surface area contributed by atoms with E-state index in [1.807, 2.05) is 36.4 Å². The lowest BCUT2D eigenvalue weighted by Gasteiger charge is -2.14. The summed E-state index contributed by atoms with van der Waals surface area (Å²) in [6, 6.07) is 17.2. The number of aromatic nitrogens is 1. The van der Waals surface area contributed by atoms with E-state index in [4.69, 9.17) is 9.26 Å². The van der Waals surface area contributed by atoms with Crippen LogP contribution in [0.15, 0.2) is 59.1 Å². The lowest BCUT2D eigenvalue weighted by atomic mass is 9.96. The number of amides is 1. The molecule has 1 heterocycles. The first-order chi connectivity index (χ1) is 12.6. The van der Waals surface area contributed by atoms with Crippen molar-refractivity contribution in [1.29, 1.82) is 0 Å². The fourth-order valence-corrected chi connectivity index (χ4v) is 2.86. The molecule has 134 valence electrons. The summed E-state index contributed by atoms with van der Waals surface area (Å²) >= 11 is 0. The van der Waals surface area contributed by atoms with Gasteiger partial charge in [-0.2, -0.15) is 0 Å². The maximum Gasteiger partial charge on any atom is 0.273 e. The summed E-state index contributed by atoms with van der Waals surface area (Å²) in [6.07, 6.45) is 0. The minimum absolute atomic E-state index is 0.216. The van der Waals surface area contributed by atoms with Crippen LogP contribution in [0.3, 0.4) is 0 Å². The molecule has 1 amide bonds. The molecule has 0 aliphatic heterocycles. The Kier molecular flexibility index (Phi) is 5.37. The van der Waals surface area contributed by atoms with Gasteiger partial charge in [-0.15, -0.1) is 0 Å². The number of nitrogens with one attached hydrogen (secondary N) is 1. The topological polar surface area (TPSA) is 64.4 Å². The zero-order valence-corrected chi connectivity index (χ0v) is 15.2. The number of benzene rings is 2. The molecule has 0 saturated heterocycles. The normalized spacial score (nSPS) is 11.8. The highest BCUT2D eigenvalue weighted by atomic mass is 16.5. The number of rotatable bonds is 6. The molecule has 5 heteroatoms. The van der Waals surface area contributed by atoms with E-state index in [2.05, 4.69) is 36.5 Å². The second kappa shape index (κ2) is 7.87. The summed E-state index contributed by atoms with van der Waals surface area (Å²) in [4.78, 5) is 12.4. The van der Waals surface area contributed by atoms with Crippen molar-refractivity contribution in [2.75, 3.05) is 13.7 Å². The van der Waals surface area contributed by atoms with Crippen molar-refractivity contribution >= 4 is 5.91 Å². The average molecular weight is 350 g/mol. The zero-order chi connectivity index (χ0) is 18.5. The van der Waals surface area contributed by atoms with Gasteiger partial charge in [-0.25, -0.2) is 0 Å². The van der Waals surface area contributed by atoms with Gasteiger partial charge in [0.1, 0.15) is 5.75 Å². The number of hydrogen-bond acceptors (Lipinski definition) is 4. The van der Waals surface area contributed by atoms with Crippen LogP contribution in [0, 0.1) is 6.92 Å². The molecule has 0 aliphatic rings. The van der Waals surface area contributed by atoms with Crippen LogP contribution in [0.5, 0.6) is 5.75 Å². The molecule has 3 rings (SSSR count). The molecule has 0 unspecified atom stereocenters. The number of nitrogens with zero attached hydrogens (tertiary/aromatic N) is 1. The SMILES string of the molecule is COc1ccc(-c2cc(C(=O)NC[C@@H](C)c3ccccc3C)no2)cc1. The van der Waals surface area contributed by atoms with Crippen LogP contribution in [0.25, 0.3) is 11.3 Å². The van der Waals surface area contributed by atoms with Gasteiger partial charge in [0.2, 0.25) is 0 Å². The van der Waals surface area contributed by atoms with Crippen LogP contribution in [0.1, 0.15) is 34.5 Å². The van der Waals surface area contributed by atoms with Gasteiger partial charge in [-0.3, -0.25) is 4.79 Å². The van der Waals surface area contributed by atoms with Gasteiger partial charge in [0.25, 0.3) is 5.91 Å². The Morgan fingerprint density at radius 2 is 1.92 bits per heavy atom. The fraction of sp³-hybridized carbons (Fsp3) is 0.238. The summed E-state index contributed by atoms with van der Waals surface area (Å²) in [7, 11) is 1.61. The predicted molar refractivity (Wildman–Crippen MR) is 100 cm³/mol. The smallest absolute Gasteiger partial charge is 0.273 e. The molecule has 3 aromatic rings. The Balaban J connectivity index is 1.63. The second-order valence-corrected chi connectivity index (χ2v) is 6.27. The maximum atomic E-state index is 12.4. The molecule has 0 bridgehead atoms. The van der Waals surface area contributed by atoms with Gasteiger partial charge >= 0.3 is 0 Å². The molecule has 0 saturated carbocycles. The van der Waals surface area contributed by atoms with Gasteiger partial charge in [-0.05, 0) is 48.2 Å². The minimum atomic E-state index is -0.242. The molecule has 2 aromatic carbocycles. The Hall–Kier alpha value is -3.08. The standard InChI is InChI=1S/C21H22N2O3/c1-14-6-4-5-7-18(14)15(2)13-22-21(24)19-12-20(26-23-19)16-8-10-17(25-3)11-9-16/h4-12,15H,13H2,1-3H3,(H,22,24)/t15-/m1/s1. The molecule has 1 N–H and O–H groups in total. The molecular weight excluding hydrogens is 328 g/mol. The minimum Gasteiger partial charge on any atom is -0.497 e. The Morgan fingerprint density at radius 3 is 2.62 bits per heavy atom. The fourth-order valence-electron chi connectivity index (χ4n) is 2.86. The number of aryl methyl sites for hydroxylation is 1. The van der Waals surface area contributed by atoms with Crippen LogP contribution >= 0.6 is 0 Å². The first-order valence-corrected chi connectivity index (χ1v) is 8.53. The summed E-state index contributed by atoms with van der Waals surface area (Å²) < 4.78 is 10.4. The van der Waals surface area contributed by atoms with Crippen molar-refractivity contribution in [1.82, 2.24) is 10.5 Å².